The summed E-state index contributed by atoms with van der Waals surface area (Å²) in [6.07, 6.45) is 1.70. The van der Waals surface area contributed by atoms with E-state index in [-0.39, 0.29) is 18.2 Å². The van der Waals surface area contributed by atoms with Crippen LogP contribution in [0.15, 0.2) is 36.5 Å². The van der Waals surface area contributed by atoms with Gasteiger partial charge in [-0.15, -0.1) is 0 Å². The number of anilines is 2. The first kappa shape index (κ1) is 22.3. The summed E-state index contributed by atoms with van der Waals surface area (Å²) >= 11 is 0. The Hall–Kier alpha value is -3.39. The van der Waals surface area contributed by atoms with Gasteiger partial charge in [0.25, 0.3) is 0 Å². The lowest BCUT2D eigenvalue weighted by atomic mass is 10.0. The molecule has 0 aliphatic heterocycles. The Morgan fingerprint density at radius 1 is 1.16 bits per heavy atom. The van der Waals surface area contributed by atoms with Gasteiger partial charge >= 0.3 is 5.97 Å². The van der Waals surface area contributed by atoms with Crippen LogP contribution in [0.1, 0.15) is 41.4 Å². The molecule has 31 heavy (non-hydrogen) atoms. The highest BCUT2D eigenvalue weighted by Gasteiger charge is 2.24. The lowest BCUT2D eigenvalue weighted by Gasteiger charge is -2.10. The van der Waals surface area contributed by atoms with Crippen LogP contribution in [0, 0.1) is 0 Å². The van der Waals surface area contributed by atoms with E-state index in [1.807, 2.05) is 6.07 Å². The van der Waals surface area contributed by atoms with Gasteiger partial charge in [-0.05, 0) is 23.1 Å². The van der Waals surface area contributed by atoms with E-state index in [0.29, 0.717) is 29.2 Å². The van der Waals surface area contributed by atoms with Crippen LogP contribution >= 0.6 is 0 Å². The molecule has 0 radical (unpaired) electrons. The number of nitrogens with one attached hydrogen (secondary N) is 2. The molecule has 0 fully saturated rings. The highest BCUT2D eigenvalue weighted by molar-refractivity contribution is 6.11. The number of esters is 1. The number of ether oxygens (including phenoxy) is 2. The zero-order valence-corrected chi connectivity index (χ0v) is 18.5. The van der Waals surface area contributed by atoms with E-state index in [2.05, 4.69) is 53.7 Å². The normalized spacial score (nSPS) is 11.0. The number of aryl methyl sites for hydroxylation is 1. The third kappa shape index (κ3) is 4.86. The Bertz CT molecular complexity index is 1090. The van der Waals surface area contributed by atoms with Crippen LogP contribution in [0.5, 0.6) is 0 Å². The van der Waals surface area contributed by atoms with Crippen molar-refractivity contribution in [1.29, 1.82) is 0 Å². The first-order valence-corrected chi connectivity index (χ1v) is 10.0. The first-order valence-electron chi connectivity index (χ1n) is 10.0. The fourth-order valence-electron chi connectivity index (χ4n) is 3.40. The molecule has 0 aliphatic rings. The van der Waals surface area contributed by atoms with Crippen LogP contribution in [-0.4, -0.2) is 42.3 Å². The second-order valence-corrected chi connectivity index (χ2v) is 7.60. The quantitative estimate of drug-likeness (QED) is 0.536. The largest absolute Gasteiger partial charge is 0.464 e. The molecule has 2 heterocycles. The molecule has 0 unspecified atom stereocenters. The van der Waals surface area contributed by atoms with Gasteiger partial charge in [0.1, 0.15) is 12.3 Å². The lowest BCUT2D eigenvalue weighted by molar-refractivity contribution is -0.119. The molecule has 1 aromatic carbocycles. The molecule has 0 spiro atoms. The van der Waals surface area contributed by atoms with Crippen LogP contribution in [0.4, 0.5) is 11.4 Å². The molecule has 8 heteroatoms. The van der Waals surface area contributed by atoms with Crippen molar-refractivity contribution in [3.63, 3.8) is 0 Å². The summed E-state index contributed by atoms with van der Waals surface area (Å²) in [7, 11) is 4.43. The smallest absolute Gasteiger partial charge is 0.356 e. The van der Waals surface area contributed by atoms with Gasteiger partial charge in [-0.2, -0.15) is 0 Å². The molecule has 2 aromatic heterocycles. The number of hydrogen-bond acceptors (Lipinski definition) is 6. The van der Waals surface area contributed by atoms with Gasteiger partial charge in [0.2, 0.25) is 5.91 Å². The number of amides is 1. The molecule has 0 saturated heterocycles. The molecule has 0 bridgehead atoms. The lowest BCUT2D eigenvalue weighted by Crippen LogP contribution is -2.19. The molecule has 2 N–H and O–H groups in total. The monoisotopic (exact) mass is 424 g/mol. The molecule has 3 rings (SSSR count). The van der Waals surface area contributed by atoms with Gasteiger partial charge in [-0.3, -0.25) is 4.79 Å². The van der Waals surface area contributed by atoms with Crippen LogP contribution < -0.4 is 10.6 Å². The summed E-state index contributed by atoms with van der Waals surface area (Å²) in [6.45, 7) is 4.82. The van der Waals surface area contributed by atoms with Gasteiger partial charge < -0.3 is 24.7 Å². The van der Waals surface area contributed by atoms with Crippen LogP contribution in [-0.2, 0) is 27.9 Å². The Balaban J connectivity index is 1.92. The highest BCUT2D eigenvalue weighted by atomic mass is 16.5. The van der Waals surface area contributed by atoms with Crippen LogP contribution in [0.2, 0.25) is 0 Å². The second kappa shape index (κ2) is 9.61. The molecule has 0 saturated carbocycles. The average molecular weight is 425 g/mol. The van der Waals surface area contributed by atoms with E-state index in [1.165, 1.54) is 19.8 Å². The number of methoxy groups -OCH3 is 2. The predicted octanol–water partition coefficient (Wildman–Crippen LogP) is 3.68. The maximum Gasteiger partial charge on any atom is 0.356 e. The molecule has 3 aromatic rings. The standard InChI is InChI=1S/C23H28N4O4/c1-14(2)16-8-6-15(7-9-16)11-24-17-10-18-20(26-19(28)13-30-4)21(23(29)31-5)27(3)22(18)25-12-17/h6-10,12,14,24H,11,13H2,1-5H3,(H,26,28). The van der Waals surface area contributed by atoms with Crippen molar-refractivity contribution in [2.24, 2.45) is 7.05 Å². The van der Waals surface area contributed by atoms with E-state index >= 15 is 0 Å². The van der Waals surface area contributed by atoms with Gasteiger partial charge in [0.15, 0.2) is 5.69 Å². The van der Waals surface area contributed by atoms with Crippen molar-refractivity contribution < 1.29 is 19.1 Å². The Morgan fingerprint density at radius 3 is 2.48 bits per heavy atom. The average Bonchev–Trinajstić information content (AvgIpc) is 3.03. The van der Waals surface area contributed by atoms with Gasteiger partial charge in [0, 0.05) is 26.1 Å². The number of hydrogen-bond donors (Lipinski definition) is 2. The third-order valence-corrected chi connectivity index (χ3v) is 5.09. The number of aromatic nitrogens is 2. The number of carbonyl (C=O) groups is 2. The van der Waals surface area contributed by atoms with Crippen molar-refractivity contribution in [3.05, 3.63) is 53.3 Å². The van der Waals surface area contributed by atoms with E-state index < -0.39 is 5.97 Å². The van der Waals surface area contributed by atoms with Crippen molar-refractivity contribution >= 4 is 34.3 Å². The molecule has 0 aliphatic carbocycles. The Labute approximate surface area is 181 Å². The van der Waals surface area contributed by atoms with E-state index in [4.69, 9.17) is 9.47 Å². The number of rotatable bonds is 8. The second-order valence-electron chi connectivity index (χ2n) is 7.60. The van der Waals surface area contributed by atoms with Crippen LogP contribution in [0.25, 0.3) is 11.0 Å². The summed E-state index contributed by atoms with van der Waals surface area (Å²) in [5, 5.41) is 6.74. The summed E-state index contributed by atoms with van der Waals surface area (Å²) < 4.78 is 11.4. The number of pyridine rings is 1. The summed E-state index contributed by atoms with van der Waals surface area (Å²) in [5.41, 5.74) is 4.33. The molecular formula is C23H28N4O4. The molecular weight excluding hydrogens is 396 g/mol. The highest BCUT2D eigenvalue weighted by Crippen LogP contribution is 2.32. The zero-order valence-electron chi connectivity index (χ0n) is 18.5. The van der Waals surface area contributed by atoms with Gasteiger partial charge in [-0.1, -0.05) is 38.1 Å². The number of carbonyl (C=O) groups excluding carboxylic acids is 2. The molecule has 164 valence electrons. The van der Waals surface area contributed by atoms with Crippen LogP contribution in [0.3, 0.4) is 0 Å². The molecule has 8 nitrogen and oxygen atoms in total. The minimum absolute atomic E-state index is 0.130. The summed E-state index contributed by atoms with van der Waals surface area (Å²) in [4.78, 5) is 29.0. The summed E-state index contributed by atoms with van der Waals surface area (Å²) in [5.74, 6) is -0.445. The SMILES string of the molecule is COCC(=O)Nc1c(C(=O)OC)n(C)c2ncc(NCc3ccc(C(C)C)cc3)cc12. The van der Waals surface area contributed by atoms with E-state index in [9.17, 15) is 9.59 Å². The maximum atomic E-state index is 12.4. The Morgan fingerprint density at radius 2 is 1.87 bits per heavy atom. The molecule has 1 amide bonds. The number of fused-ring (bicyclic) bond motifs is 1. The fourth-order valence-corrected chi connectivity index (χ4v) is 3.40. The van der Waals surface area contributed by atoms with Crippen molar-refractivity contribution in [3.8, 4) is 0 Å². The zero-order chi connectivity index (χ0) is 22.5. The Kier molecular flexibility index (Phi) is 6.91. The maximum absolute atomic E-state index is 12.4. The van der Waals surface area contributed by atoms with Gasteiger partial charge in [-0.25, -0.2) is 9.78 Å². The van der Waals surface area contributed by atoms with Gasteiger partial charge in [0.05, 0.1) is 24.7 Å². The number of nitrogens with zero attached hydrogens (tertiary/aromatic N) is 2. The predicted molar refractivity (Wildman–Crippen MR) is 120 cm³/mol. The first-order chi connectivity index (χ1) is 14.8. The van der Waals surface area contributed by atoms with Crippen molar-refractivity contribution in [2.75, 3.05) is 31.5 Å². The fraction of sp³-hybridized carbons (Fsp3) is 0.348. The van der Waals surface area contributed by atoms with Crippen molar-refractivity contribution in [1.82, 2.24) is 9.55 Å². The van der Waals surface area contributed by atoms with E-state index in [0.717, 1.165) is 11.3 Å². The van der Waals surface area contributed by atoms with E-state index in [1.54, 1.807) is 17.8 Å². The minimum atomic E-state index is -0.562. The minimum Gasteiger partial charge on any atom is -0.464 e. The van der Waals surface area contributed by atoms with Crippen molar-refractivity contribution in [2.45, 2.75) is 26.3 Å². The third-order valence-electron chi connectivity index (χ3n) is 5.09. The molecule has 0 atom stereocenters. The topological polar surface area (TPSA) is 94.5 Å². The summed E-state index contributed by atoms with van der Waals surface area (Å²) in [6, 6.07) is 10.3. The number of benzene rings is 1.